The molecule has 1 aromatic heterocycles. The summed E-state index contributed by atoms with van der Waals surface area (Å²) in [4.78, 5) is 14.0. The molecule has 140 valence electrons. The molecule has 1 atom stereocenters. The first-order valence-electron chi connectivity index (χ1n) is 8.52. The number of amides is 1. The Morgan fingerprint density at radius 3 is 2.77 bits per heavy atom. The lowest BCUT2D eigenvalue weighted by Crippen LogP contribution is -2.36. The van der Waals surface area contributed by atoms with Crippen molar-refractivity contribution in [2.75, 3.05) is 6.54 Å². The van der Waals surface area contributed by atoms with E-state index >= 15 is 0 Å². The number of halogens is 1. The Labute approximate surface area is 156 Å². The molecule has 0 spiro atoms. The lowest BCUT2D eigenvalue weighted by Gasteiger charge is -2.27. The number of benzene rings is 1. The number of rotatable bonds is 4. The van der Waals surface area contributed by atoms with Gasteiger partial charge in [0.2, 0.25) is 5.89 Å². The molecule has 0 bridgehead atoms. The maximum Gasteiger partial charge on any atom is 0.410 e. The molecule has 0 saturated carbocycles. The Morgan fingerprint density at radius 2 is 2.08 bits per heavy atom. The summed E-state index contributed by atoms with van der Waals surface area (Å²) in [5.74, 6) is 0.764. The van der Waals surface area contributed by atoms with E-state index in [2.05, 4.69) is 10.2 Å². The van der Waals surface area contributed by atoms with Crippen molar-refractivity contribution in [2.45, 2.75) is 56.2 Å². The fourth-order valence-electron chi connectivity index (χ4n) is 2.70. The molecule has 1 fully saturated rings. The van der Waals surface area contributed by atoms with Gasteiger partial charge in [0, 0.05) is 12.3 Å². The van der Waals surface area contributed by atoms with Crippen LogP contribution in [0.3, 0.4) is 0 Å². The molecule has 0 N–H and O–H groups in total. The van der Waals surface area contributed by atoms with E-state index in [1.807, 2.05) is 20.8 Å². The van der Waals surface area contributed by atoms with Gasteiger partial charge >= 0.3 is 6.09 Å². The molecule has 6 nitrogen and oxygen atoms in total. The van der Waals surface area contributed by atoms with E-state index in [-0.39, 0.29) is 18.0 Å². The number of carbonyl (C=O) groups excluding carboxylic acids is 1. The molecule has 2 aromatic rings. The third kappa shape index (κ3) is 4.75. The highest BCUT2D eigenvalue weighted by Gasteiger charge is 2.36. The van der Waals surface area contributed by atoms with E-state index < -0.39 is 5.60 Å². The first kappa shape index (κ1) is 18.7. The summed E-state index contributed by atoms with van der Waals surface area (Å²) in [6.07, 6.45) is 1.27. The van der Waals surface area contributed by atoms with Crippen molar-refractivity contribution >= 4 is 17.9 Å². The van der Waals surface area contributed by atoms with Crippen LogP contribution in [-0.4, -0.2) is 33.3 Å². The zero-order chi connectivity index (χ0) is 18.7. The molecule has 3 rings (SSSR count). The normalized spacial score (nSPS) is 17.5. The maximum absolute atomic E-state index is 12.9. The first-order valence-corrected chi connectivity index (χ1v) is 9.51. The smallest absolute Gasteiger partial charge is 0.410 e. The zero-order valence-corrected chi connectivity index (χ0v) is 15.9. The molecule has 0 aliphatic carbocycles. The highest BCUT2D eigenvalue weighted by atomic mass is 32.2. The van der Waals surface area contributed by atoms with Crippen molar-refractivity contribution in [2.24, 2.45) is 0 Å². The topological polar surface area (TPSA) is 68.5 Å². The Kier molecular flexibility index (Phi) is 5.50. The quantitative estimate of drug-likeness (QED) is 0.725. The van der Waals surface area contributed by atoms with Gasteiger partial charge in [0.1, 0.15) is 17.5 Å². The maximum atomic E-state index is 12.9. The van der Waals surface area contributed by atoms with E-state index in [0.717, 1.165) is 18.4 Å². The average molecular weight is 379 g/mol. The fourth-order valence-corrected chi connectivity index (χ4v) is 3.43. The third-order valence-electron chi connectivity index (χ3n) is 3.86. The average Bonchev–Trinajstić information content (AvgIpc) is 3.21. The second-order valence-electron chi connectivity index (χ2n) is 7.15. The van der Waals surface area contributed by atoms with Crippen LogP contribution in [0.5, 0.6) is 0 Å². The van der Waals surface area contributed by atoms with E-state index in [4.69, 9.17) is 9.15 Å². The van der Waals surface area contributed by atoms with Gasteiger partial charge in [-0.15, -0.1) is 10.2 Å². The SMILES string of the molecule is CC(C)(C)OC(=O)N1CCCC1c1nnc(SCc2ccc(F)cc2)o1. The molecular formula is C18H22FN3O3S. The number of aromatic nitrogens is 2. The Balaban J connectivity index is 1.62. The van der Waals surface area contributed by atoms with Crippen molar-refractivity contribution < 1.29 is 18.3 Å². The van der Waals surface area contributed by atoms with Gasteiger partial charge in [-0.25, -0.2) is 9.18 Å². The minimum atomic E-state index is -0.546. The molecular weight excluding hydrogens is 357 g/mol. The minimum Gasteiger partial charge on any atom is -0.444 e. The summed E-state index contributed by atoms with van der Waals surface area (Å²) in [6, 6.07) is 6.04. The predicted octanol–water partition coefficient (Wildman–Crippen LogP) is 4.57. The van der Waals surface area contributed by atoms with Gasteiger partial charge in [0.25, 0.3) is 5.22 Å². The highest BCUT2D eigenvalue weighted by Crippen LogP contribution is 2.34. The number of likely N-dealkylation sites (tertiary alicyclic amines) is 1. The number of thioether (sulfide) groups is 1. The standard InChI is InChI=1S/C18H22FN3O3S/c1-18(2,3)25-17(23)22-10-4-5-14(22)15-20-21-16(24-15)26-11-12-6-8-13(19)9-7-12/h6-9,14H,4-5,10-11H2,1-3H3. The molecule has 1 saturated heterocycles. The van der Waals surface area contributed by atoms with Crippen molar-refractivity contribution in [1.82, 2.24) is 15.1 Å². The van der Waals surface area contributed by atoms with Crippen molar-refractivity contribution in [3.05, 3.63) is 41.5 Å². The second-order valence-corrected chi connectivity index (χ2v) is 8.08. The molecule has 8 heteroatoms. The van der Waals surface area contributed by atoms with Crippen LogP contribution in [0.4, 0.5) is 9.18 Å². The molecule has 1 amide bonds. The molecule has 0 radical (unpaired) electrons. The summed E-state index contributed by atoms with van der Waals surface area (Å²) in [5, 5.41) is 8.59. The third-order valence-corrected chi connectivity index (χ3v) is 4.75. The van der Waals surface area contributed by atoms with Crippen LogP contribution < -0.4 is 0 Å². The Morgan fingerprint density at radius 1 is 1.35 bits per heavy atom. The van der Waals surface area contributed by atoms with Crippen LogP contribution in [0.1, 0.15) is 51.1 Å². The van der Waals surface area contributed by atoms with E-state index in [9.17, 15) is 9.18 Å². The van der Waals surface area contributed by atoms with Crippen LogP contribution in [-0.2, 0) is 10.5 Å². The summed E-state index contributed by atoms with van der Waals surface area (Å²) < 4.78 is 24.1. The largest absolute Gasteiger partial charge is 0.444 e. The number of carbonyl (C=O) groups is 1. The molecule has 2 heterocycles. The van der Waals surface area contributed by atoms with Gasteiger partial charge in [-0.2, -0.15) is 0 Å². The van der Waals surface area contributed by atoms with Crippen LogP contribution in [0.15, 0.2) is 33.9 Å². The number of nitrogens with zero attached hydrogens (tertiary/aromatic N) is 3. The van der Waals surface area contributed by atoms with Crippen LogP contribution >= 0.6 is 11.8 Å². The minimum absolute atomic E-state index is 0.252. The molecule has 26 heavy (non-hydrogen) atoms. The lowest BCUT2D eigenvalue weighted by atomic mass is 10.2. The van der Waals surface area contributed by atoms with Crippen molar-refractivity contribution in [1.29, 1.82) is 0 Å². The monoisotopic (exact) mass is 379 g/mol. The van der Waals surface area contributed by atoms with E-state index in [1.54, 1.807) is 17.0 Å². The lowest BCUT2D eigenvalue weighted by molar-refractivity contribution is 0.0201. The van der Waals surface area contributed by atoms with Crippen LogP contribution in [0.2, 0.25) is 0 Å². The Hall–Kier alpha value is -2.09. The van der Waals surface area contributed by atoms with E-state index in [1.165, 1.54) is 23.9 Å². The van der Waals surface area contributed by atoms with Gasteiger partial charge < -0.3 is 9.15 Å². The number of hydrogen-bond donors (Lipinski definition) is 0. The second kappa shape index (κ2) is 7.65. The van der Waals surface area contributed by atoms with Gasteiger partial charge in [0.05, 0.1) is 0 Å². The fraction of sp³-hybridized carbons (Fsp3) is 0.500. The Bertz CT molecular complexity index is 758. The van der Waals surface area contributed by atoms with Gasteiger partial charge in [0.15, 0.2) is 0 Å². The van der Waals surface area contributed by atoms with Crippen molar-refractivity contribution in [3.63, 3.8) is 0 Å². The van der Waals surface area contributed by atoms with Gasteiger partial charge in [-0.1, -0.05) is 23.9 Å². The van der Waals surface area contributed by atoms with Crippen molar-refractivity contribution in [3.8, 4) is 0 Å². The number of ether oxygens (including phenoxy) is 1. The summed E-state index contributed by atoms with van der Waals surface area (Å²) in [7, 11) is 0. The van der Waals surface area contributed by atoms with E-state index in [0.29, 0.717) is 23.4 Å². The zero-order valence-electron chi connectivity index (χ0n) is 15.1. The summed E-state index contributed by atoms with van der Waals surface area (Å²) in [5.41, 5.74) is 0.419. The van der Waals surface area contributed by atoms with Gasteiger partial charge in [-0.05, 0) is 51.3 Å². The molecule has 1 aliphatic heterocycles. The van der Waals surface area contributed by atoms with Gasteiger partial charge in [-0.3, -0.25) is 4.90 Å². The van der Waals surface area contributed by atoms with Crippen LogP contribution in [0.25, 0.3) is 0 Å². The first-order chi connectivity index (χ1) is 12.3. The predicted molar refractivity (Wildman–Crippen MR) is 95.2 cm³/mol. The highest BCUT2D eigenvalue weighted by molar-refractivity contribution is 7.98. The summed E-state index contributed by atoms with van der Waals surface area (Å²) in [6.45, 7) is 6.13. The molecule has 1 unspecified atom stereocenters. The van der Waals surface area contributed by atoms with Crippen LogP contribution in [0, 0.1) is 5.82 Å². The number of hydrogen-bond acceptors (Lipinski definition) is 6. The summed E-state index contributed by atoms with van der Waals surface area (Å²) >= 11 is 1.38. The molecule has 1 aliphatic rings. The molecule has 1 aromatic carbocycles.